The van der Waals surface area contributed by atoms with Crippen molar-refractivity contribution >= 4 is 29.1 Å². The van der Waals surface area contributed by atoms with Gasteiger partial charge in [0, 0.05) is 38.1 Å². The molecule has 30 heavy (non-hydrogen) atoms. The molecule has 1 fully saturated rings. The number of carbonyl (C=O) groups excluding carboxylic acids is 1. The summed E-state index contributed by atoms with van der Waals surface area (Å²) < 4.78 is 38.5. The molecule has 0 aliphatic carbocycles. The maximum absolute atomic E-state index is 12.8. The summed E-state index contributed by atoms with van der Waals surface area (Å²) in [6.07, 6.45) is -2.24. The topological polar surface area (TPSA) is 48.5 Å². The minimum atomic E-state index is -4.49. The van der Waals surface area contributed by atoms with Gasteiger partial charge in [-0.05, 0) is 37.0 Å². The monoisotopic (exact) mass is 440 g/mol. The van der Waals surface area contributed by atoms with E-state index >= 15 is 0 Å². The first kappa shape index (κ1) is 22.2. The standard InChI is InChI=1S/C21H24ClF3N4O/c1-3-15-7-4-6-14(2)18(15)27-20(30)29-9-5-8-28(10-11-29)19-17(22)12-16(13-26-19)21(23,24)25/h4,6-7,12-13H,3,5,8-11H2,1-2H3,(H,27,30). The number of para-hydroxylation sites is 1. The number of hydrogen-bond donors (Lipinski definition) is 1. The quantitative estimate of drug-likeness (QED) is 0.698. The van der Waals surface area contributed by atoms with Crippen LogP contribution in [-0.2, 0) is 12.6 Å². The number of rotatable bonds is 3. The van der Waals surface area contributed by atoms with Gasteiger partial charge in [-0.1, -0.05) is 36.7 Å². The molecule has 0 radical (unpaired) electrons. The predicted octanol–water partition coefficient (Wildman–Crippen LogP) is 5.37. The van der Waals surface area contributed by atoms with Crippen LogP contribution in [0, 0.1) is 6.92 Å². The third kappa shape index (κ3) is 4.98. The summed E-state index contributed by atoms with van der Waals surface area (Å²) in [5, 5.41) is 2.97. The van der Waals surface area contributed by atoms with Crippen molar-refractivity contribution in [3.63, 3.8) is 0 Å². The minimum Gasteiger partial charge on any atom is -0.354 e. The summed E-state index contributed by atoms with van der Waals surface area (Å²) >= 11 is 6.08. The fourth-order valence-corrected chi connectivity index (χ4v) is 3.82. The van der Waals surface area contributed by atoms with E-state index in [0.29, 0.717) is 38.4 Å². The SMILES string of the molecule is CCc1cccc(C)c1NC(=O)N1CCCN(c2ncc(C(F)(F)F)cc2Cl)CC1. The first-order valence-corrected chi connectivity index (χ1v) is 10.2. The molecule has 1 aliphatic rings. The van der Waals surface area contributed by atoms with Gasteiger partial charge in [0.25, 0.3) is 0 Å². The zero-order valence-electron chi connectivity index (χ0n) is 16.9. The van der Waals surface area contributed by atoms with Crippen LogP contribution in [0.3, 0.4) is 0 Å². The molecule has 1 N–H and O–H groups in total. The normalized spacial score (nSPS) is 15.1. The molecule has 2 heterocycles. The minimum absolute atomic E-state index is 0.0461. The van der Waals surface area contributed by atoms with Crippen LogP contribution >= 0.6 is 11.6 Å². The number of nitrogens with one attached hydrogen (secondary N) is 1. The molecule has 0 saturated carbocycles. The Bertz CT molecular complexity index is 920. The van der Waals surface area contributed by atoms with Crippen LogP contribution in [0.2, 0.25) is 5.02 Å². The zero-order chi connectivity index (χ0) is 21.9. The van der Waals surface area contributed by atoms with Crippen molar-refractivity contribution in [3.8, 4) is 0 Å². The van der Waals surface area contributed by atoms with Crippen molar-refractivity contribution in [2.75, 3.05) is 36.4 Å². The number of aryl methyl sites for hydroxylation is 2. The molecule has 0 unspecified atom stereocenters. The van der Waals surface area contributed by atoms with Gasteiger partial charge in [-0.25, -0.2) is 9.78 Å². The zero-order valence-corrected chi connectivity index (χ0v) is 17.6. The number of urea groups is 1. The lowest BCUT2D eigenvalue weighted by atomic mass is 10.1. The average Bonchev–Trinajstić information content (AvgIpc) is 2.95. The molecule has 9 heteroatoms. The Labute approximate surface area is 178 Å². The molecule has 1 saturated heterocycles. The van der Waals surface area contributed by atoms with Gasteiger partial charge in [-0.2, -0.15) is 13.2 Å². The maximum atomic E-state index is 12.8. The van der Waals surface area contributed by atoms with E-state index in [-0.39, 0.29) is 11.1 Å². The third-order valence-electron chi connectivity index (χ3n) is 5.20. The molecular weight excluding hydrogens is 417 g/mol. The van der Waals surface area contributed by atoms with E-state index < -0.39 is 11.7 Å². The Morgan fingerprint density at radius 2 is 2.00 bits per heavy atom. The number of pyridine rings is 1. The number of aromatic nitrogens is 1. The summed E-state index contributed by atoms with van der Waals surface area (Å²) in [5.74, 6) is 0.305. The molecule has 2 aromatic rings. The second kappa shape index (κ2) is 9.12. The predicted molar refractivity (Wildman–Crippen MR) is 112 cm³/mol. The van der Waals surface area contributed by atoms with E-state index in [4.69, 9.17) is 11.6 Å². The molecule has 1 aromatic heterocycles. The Morgan fingerprint density at radius 3 is 2.67 bits per heavy atom. The van der Waals surface area contributed by atoms with Crippen LogP contribution in [-0.4, -0.2) is 42.1 Å². The highest BCUT2D eigenvalue weighted by molar-refractivity contribution is 6.33. The van der Waals surface area contributed by atoms with Gasteiger partial charge < -0.3 is 15.1 Å². The summed E-state index contributed by atoms with van der Waals surface area (Å²) in [5.41, 5.74) is 2.02. The highest BCUT2D eigenvalue weighted by Gasteiger charge is 2.32. The number of alkyl halides is 3. The van der Waals surface area contributed by atoms with E-state index in [1.54, 1.807) is 4.90 Å². The molecule has 0 spiro atoms. The number of benzene rings is 1. The van der Waals surface area contributed by atoms with Crippen molar-refractivity contribution in [2.24, 2.45) is 0 Å². The van der Waals surface area contributed by atoms with Crippen LogP contribution in [0.1, 0.15) is 30.0 Å². The van der Waals surface area contributed by atoms with Crippen molar-refractivity contribution in [2.45, 2.75) is 32.9 Å². The van der Waals surface area contributed by atoms with Crippen molar-refractivity contribution in [1.29, 1.82) is 0 Å². The number of anilines is 2. The highest BCUT2D eigenvalue weighted by atomic mass is 35.5. The third-order valence-corrected chi connectivity index (χ3v) is 5.48. The van der Waals surface area contributed by atoms with Crippen molar-refractivity contribution < 1.29 is 18.0 Å². The summed E-state index contributed by atoms with van der Waals surface area (Å²) in [6, 6.07) is 6.62. The van der Waals surface area contributed by atoms with Crippen LogP contribution in [0.5, 0.6) is 0 Å². The van der Waals surface area contributed by atoms with E-state index in [9.17, 15) is 18.0 Å². The van der Waals surface area contributed by atoms with Gasteiger partial charge in [-0.3, -0.25) is 0 Å². The summed E-state index contributed by atoms with van der Waals surface area (Å²) in [7, 11) is 0. The second-order valence-electron chi connectivity index (χ2n) is 7.25. The van der Waals surface area contributed by atoms with Gasteiger partial charge in [0.05, 0.1) is 10.6 Å². The molecule has 1 aliphatic heterocycles. The Morgan fingerprint density at radius 1 is 1.23 bits per heavy atom. The number of halogens is 4. The lowest BCUT2D eigenvalue weighted by Gasteiger charge is -2.24. The maximum Gasteiger partial charge on any atom is 0.417 e. The molecule has 3 rings (SSSR count). The number of hydrogen-bond acceptors (Lipinski definition) is 3. The number of nitrogens with zero attached hydrogens (tertiary/aromatic N) is 3. The van der Waals surface area contributed by atoms with E-state index in [1.807, 2.05) is 36.9 Å². The van der Waals surface area contributed by atoms with Crippen LogP contribution in [0.4, 0.5) is 29.5 Å². The molecule has 2 amide bonds. The van der Waals surface area contributed by atoms with Gasteiger partial charge >= 0.3 is 12.2 Å². The largest absolute Gasteiger partial charge is 0.417 e. The van der Waals surface area contributed by atoms with Crippen LogP contribution in [0.15, 0.2) is 30.5 Å². The van der Waals surface area contributed by atoms with Crippen LogP contribution in [0.25, 0.3) is 0 Å². The first-order valence-electron chi connectivity index (χ1n) is 9.82. The first-order chi connectivity index (χ1) is 14.2. The van der Waals surface area contributed by atoms with Crippen LogP contribution < -0.4 is 10.2 Å². The highest BCUT2D eigenvalue weighted by Crippen LogP contribution is 2.33. The van der Waals surface area contributed by atoms with E-state index in [2.05, 4.69) is 10.3 Å². The van der Waals surface area contributed by atoms with Gasteiger partial charge in [0.15, 0.2) is 0 Å². The molecule has 1 aromatic carbocycles. The van der Waals surface area contributed by atoms with Gasteiger partial charge in [0.2, 0.25) is 0 Å². The smallest absolute Gasteiger partial charge is 0.354 e. The van der Waals surface area contributed by atoms with Crippen molar-refractivity contribution in [1.82, 2.24) is 9.88 Å². The lowest BCUT2D eigenvalue weighted by Crippen LogP contribution is -2.38. The molecule has 5 nitrogen and oxygen atoms in total. The lowest BCUT2D eigenvalue weighted by molar-refractivity contribution is -0.137. The summed E-state index contributed by atoms with van der Waals surface area (Å²) in [4.78, 5) is 20.3. The number of carbonyl (C=O) groups is 1. The molecule has 0 atom stereocenters. The van der Waals surface area contributed by atoms with Crippen molar-refractivity contribution in [3.05, 3.63) is 52.2 Å². The fourth-order valence-electron chi connectivity index (χ4n) is 3.54. The van der Waals surface area contributed by atoms with Gasteiger partial charge in [-0.15, -0.1) is 0 Å². The van der Waals surface area contributed by atoms with E-state index in [0.717, 1.165) is 35.5 Å². The Balaban J connectivity index is 1.69. The molecule has 162 valence electrons. The average molecular weight is 441 g/mol. The molecular formula is C21H24ClF3N4O. The fraction of sp³-hybridized carbons (Fsp3) is 0.429. The second-order valence-corrected chi connectivity index (χ2v) is 7.65. The van der Waals surface area contributed by atoms with E-state index in [1.165, 1.54) is 0 Å². The number of amides is 2. The molecule has 0 bridgehead atoms. The Hall–Kier alpha value is -2.48. The van der Waals surface area contributed by atoms with Gasteiger partial charge in [0.1, 0.15) is 5.82 Å². The summed E-state index contributed by atoms with van der Waals surface area (Å²) in [6.45, 7) is 5.92. The Kier molecular flexibility index (Phi) is 6.75.